The van der Waals surface area contributed by atoms with Gasteiger partial charge in [-0.3, -0.25) is 14.6 Å². The van der Waals surface area contributed by atoms with Crippen molar-refractivity contribution < 1.29 is 13.7 Å². The van der Waals surface area contributed by atoms with Crippen molar-refractivity contribution in [2.24, 2.45) is 5.92 Å². The van der Waals surface area contributed by atoms with Crippen LogP contribution in [0.5, 0.6) is 0 Å². The summed E-state index contributed by atoms with van der Waals surface area (Å²) in [7, 11) is 0. The average molecular weight is 464 g/mol. The molecule has 8 heteroatoms. The summed E-state index contributed by atoms with van der Waals surface area (Å²) >= 11 is 0. The molecule has 0 radical (unpaired) electrons. The highest BCUT2D eigenvalue weighted by Crippen LogP contribution is 2.23. The van der Waals surface area contributed by atoms with E-state index in [1.165, 1.54) is 17.7 Å². The van der Waals surface area contributed by atoms with E-state index in [1.54, 1.807) is 12.1 Å². The lowest BCUT2D eigenvalue weighted by Crippen LogP contribution is -2.52. The molecule has 34 heavy (non-hydrogen) atoms. The first-order valence-corrected chi connectivity index (χ1v) is 12.0. The molecule has 0 N–H and O–H groups in total. The Bertz CT molecular complexity index is 1080. The van der Waals surface area contributed by atoms with E-state index in [2.05, 4.69) is 44.2 Å². The van der Waals surface area contributed by atoms with Crippen LogP contribution in [-0.4, -0.2) is 70.0 Å². The Hall–Kier alpha value is -3.10. The SMILES string of the molecule is O=C(C1CCCN(Cc2nc(-c3ccc(F)cc3)no2)C1)N1CCN(Cc2ccccc2)CC1. The van der Waals surface area contributed by atoms with Crippen molar-refractivity contribution >= 4 is 5.91 Å². The highest BCUT2D eigenvalue weighted by Gasteiger charge is 2.31. The Morgan fingerprint density at radius 2 is 1.71 bits per heavy atom. The maximum absolute atomic E-state index is 13.2. The summed E-state index contributed by atoms with van der Waals surface area (Å²) in [6, 6.07) is 16.5. The van der Waals surface area contributed by atoms with Gasteiger partial charge in [-0.25, -0.2) is 4.39 Å². The second-order valence-electron chi connectivity index (χ2n) is 9.18. The number of rotatable bonds is 6. The maximum Gasteiger partial charge on any atom is 0.241 e. The predicted molar refractivity (Wildman–Crippen MR) is 126 cm³/mol. The fourth-order valence-electron chi connectivity index (χ4n) is 4.85. The molecule has 3 aromatic rings. The van der Waals surface area contributed by atoms with Gasteiger partial charge < -0.3 is 9.42 Å². The van der Waals surface area contributed by atoms with Crippen molar-refractivity contribution in [3.05, 3.63) is 71.9 Å². The average Bonchev–Trinajstić information content (AvgIpc) is 3.34. The topological polar surface area (TPSA) is 65.7 Å². The van der Waals surface area contributed by atoms with Crippen LogP contribution in [0.1, 0.15) is 24.3 Å². The van der Waals surface area contributed by atoms with Gasteiger partial charge in [-0.1, -0.05) is 35.5 Å². The lowest BCUT2D eigenvalue weighted by Gasteiger charge is -2.38. The summed E-state index contributed by atoms with van der Waals surface area (Å²) in [6.45, 7) is 6.45. The summed E-state index contributed by atoms with van der Waals surface area (Å²) < 4.78 is 18.6. The van der Waals surface area contributed by atoms with Gasteiger partial charge in [-0.05, 0) is 49.2 Å². The van der Waals surface area contributed by atoms with Crippen LogP contribution in [0.4, 0.5) is 4.39 Å². The summed E-state index contributed by atoms with van der Waals surface area (Å²) in [5.41, 5.74) is 2.03. The number of piperazine rings is 1. The van der Waals surface area contributed by atoms with Gasteiger partial charge >= 0.3 is 0 Å². The van der Waals surface area contributed by atoms with Gasteiger partial charge in [-0.2, -0.15) is 4.98 Å². The summed E-state index contributed by atoms with van der Waals surface area (Å²) in [6.07, 6.45) is 1.90. The Morgan fingerprint density at radius 3 is 2.47 bits per heavy atom. The molecule has 1 aromatic heterocycles. The number of aromatic nitrogens is 2. The molecule has 1 unspecified atom stereocenters. The molecule has 7 nitrogen and oxygen atoms in total. The quantitative estimate of drug-likeness (QED) is 0.558. The highest BCUT2D eigenvalue weighted by molar-refractivity contribution is 5.79. The molecule has 0 spiro atoms. The number of hydrogen-bond acceptors (Lipinski definition) is 6. The second-order valence-corrected chi connectivity index (χ2v) is 9.18. The molecule has 0 saturated carbocycles. The first kappa shape index (κ1) is 22.7. The highest BCUT2D eigenvalue weighted by atomic mass is 19.1. The molecule has 0 aliphatic carbocycles. The summed E-state index contributed by atoms with van der Waals surface area (Å²) in [5, 5.41) is 4.03. The molecule has 2 saturated heterocycles. The molecule has 2 aliphatic rings. The van der Waals surface area contributed by atoms with E-state index in [-0.39, 0.29) is 17.6 Å². The predicted octanol–water partition coefficient (Wildman–Crippen LogP) is 3.43. The first-order chi connectivity index (χ1) is 16.6. The van der Waals surface area contributed by atoms with Gasteiger partial charge in [0.15, 0.2) is 0 Å². The molecule has 178 valence electrons. The van der Waals surface area contributed by atoms with E-state index in [1.807, 2.05) is 11.0 Å². The lowest BCUT2D eigenvalue weighted by molar-refractivity contribution is -0.139. The van der Waals surface area contributed by atoms with Crippen molar-refractivity contribution in [2.45, 2.75) is 25.9 Å². The third-order valence-corrected chi connectivity index (χ3v) is 6.72. The molecule has 3 heterocycles. The molecule has 1 atom stereocenters. The van der Waals surface area contributed by atoms with E-state index in [4.69, 9.17) is 4.52 Å². The van der Waals surface area contributed by atoms with Crippen LogP contribution in [0.3, 0.4) is 0 Å². The minimum absolute atomic E-state index is 0.00825. The second kappa shape index (κ2) is 10.4. The van der Waals surface area contributed by atoms with E-state index >= 15 is 0 Å². The lowest BCUT2D eigenvalue weighted by atomic mass is 9.96. The minimum Gasteiger partial charge on any atom is -0.340 e. The number of carbonyl (C=O) groups is 1. The molecular weight excluding hydrogens is 433 g/mol. The first-order valence-electron chi connectivity index (χ1n) is 12.0. The zero-order chi connectivity index (χ0) is 23.3. The monoisotopic (exact) mass is 463 g/mol. The van der Waals surface area contributed by atoms with Crippen LogP contribution in [0.25, 0.3) is 11.4 Å². The van der Waals surface area contributed by atoms with Crippen molar-refractivity contribution in [1.82, 2.24) is 24.8 Å². The van der Waals surface area contributed by atoms with Crippen molar-refractivity contribution in [1.29, 1.82) is 0 Å². The largest absolute Gasteiger partial charge is 0.340 e. The number of hydrogen-bond donors (Lipinski definition) is 0. The fourth-order valence-corrected chi connectivity index (χ4v) is 4.85. The molecule has 2 aromatic carbocycles. The van der Waals surface area contributed by atoms with Crippen LogP contribution in [-0.2, 0) is 17.9 Å². The van der Waals surface area contributed by atoms with Crippen LogP contribution in [0, 0.1) is 11.7 Å². The van der Waals surface area contributed by atoms with Gasteiger partial charge in [0.1, 0.15) is 5.82 Å². The standard InChI is InChI=1S/C26H30FN5O2/c27-23-10-8-21(9-11-23)25-28-24(34-29-25)19-31-12-4-7-22(18-31)26(33)32-15-13-30(14-16-32)17-20-5-2-1-3-6-20/h1-3,5-6,8-11,22H,4,7,12-19H2. The van der Waals surface area contributed by atoms with E-state index in [9.17, 15) is 9.18 Å². The van der Waals surface area contributed by atoms with Crippen molar-refractivity contribution in [2.75, 3.05) is 39.3 Å². The van der Waals surface area contributed by atoms with Gasteiger partial charge in [0.25, 0.3) is 0 Å². The van der Waals surface area contributed by atoms with E-state index in [0.717, 1.165) is 57.7 Å². The summed E-state index contributed by atoms with van der Waals surface area (Å²) in [5.74, 6) is 0.944. The molecule has 0 bridgehead atoms. The smallest absolute Gasteiger partial charge is 0.241 e. The van der Waals surface area contributed by atoms with Gasteiger partial charge in [0, 0.05) is 44.8 Å². The zero-order valence-corrected chi connectivity index (χ0v) is 19.3. The van der Waals surface area contributed by atoms with E-state index < -0.39 is 0 Å². The van der Waals surface area contributed by atoms with Gasteiger partial charge in [0.2, 0.25) is 17.6 Å². The number of halogens is 1. The van der Waals surface area contributed by atoms with Gasteiger partial charge in [-0.15, -0.1) is 0 Å². The Balaban J connectivity index is 1.12. The Kier molecular flexibility index (Phi) is 6.97. The maximum atomic E-state index is 13.2. The third-order valence-electron chi connectivity index (χ3n) is 6.72. The number of piperidine rings is 1. The van der Waals surface area contributed by atoms with Gasteiger partial charge in [0.05, 0.1) is 12.5 Å². The number of carbonyl (C=O) groups excluding carboxylic acids is 1. The zero-order valence-electron chi connectivity index (χ0n) is 19.3. The number of amides is 1. The molecule has 2 aliphatic heterocycles. The Labute approximate surface area is 199 Å². The summed E-state index contributed by atoms with van der Waals surface area (Å²) in [4.78, 5) is 24.4. The van der Waals surface area contributed by atoms with E-state index in [0.29, 0.717) is 24.8 Å². The Morgan fingerprint density at radius 1 is 0.941 bits per heavy atom. The number of likely N-dealkylation sites (tertiary alicyclic amines) is 1. The minimum atomic E-state index is -0.297. The van der Waals surface area contributed by atoms with Crippen LogP contribution in [0.15, 0.2) is 59.1 Å². The molecule has 5 rings (SSSR count). The van der Waals surface area contributed by atoms with Crippen molar-refractivity contribution in [3.8, 4) is 11.4 Å². The third kappa shape index (κ3) is 5.51. The molecule has 1 amide bonds. The number of nitrogens with zero attached hydrogens (tertiary/aromatic N) is 5. The normalized spacial score (nSPS) is 19.9. The molecule has 2 fully saturated rings. The van der Waals surface area contributed by atoms with Crippen LogP contribution < -0.4 is 0 Å². The fraction of sp³-hybridized carbons (Fsp3) is 0.423. The van der Waals surface area contributed by atoms with Crippen LogP contribution in [0.2, 0.25) is 0 Å². The molecular formula is C26H30FN5O2. The van der Waals surface area contributed by atoms with Crippen molar-refractivity contribution in [3.63, 3.8) is 0 Å². The number of benzene rings is 2. The van der Waals surface area contributed by atoms with Crippen LogP contribution >= 0.6 is 0 Å².